The van der Waals surface area contributed by atoms with Crippen LogP contribution >= 0.6 is 0 Å². The molecule has 0 bridgehead atoms. The molecule has 19 heavy (non-hydrogen) atoms. The molecular weight excluding hydrogens is 246 g/mol. The van der Waals surface area contributed by atoms with Crippen molar-refractivity contribution in [3.8, 4) is 5.75 Å². The smallest absolute Gasteiger partial charge is 0.306 e. The summed E-state index contributed by atoms with van der Waals surface area (Å²) in [6.45, 7) is 2.66. The zero-order valence-electron chi connectivity index (χ0n) is 11.3. The fourth-order valence-electron chi connectivity index (χ4n) is 1.42. The van der Waals surface area contributed by atoms with Crippen molar-refractivity contribution < 1.29 is 19.1 Å². The molecule has 1 aromatic rings. The molecule has 0 unspecified atom stereocenters. The Morgan fingerprint density at radius 3 is 2.74 bits per heavy atom. The van der Waals surface area contributed by atoms with Crippen LogP contribution in [0.2, 0.25) is 0 Å². The molecule has 0 saturated heterocycles. The van der Waals surface area contributed by atoms with Crippen LogP contribution in [0.5, 0.6) is 5.75 Å². The highest BCUT2D eigenvalue weighted by molar-refractivity contribution is 5.92. The van der Waals surface area contributed by atoms with E-state index in [0.29, 0.717) is 18.0 Å². The Hall–Kier alpha value is -2.04. The zero-order valence-corrected chi connectivity index (χ0v) is 11.3. The molecule has 1 rings (SSSR count). The number of benzene rings is 1. The Morgan fingerprint density at radius 1 is 1.26 bits per heavy atom. The fourth-order valence-corrected chi connectivity index (χ4v) is 1.42. The number of hydrogen-bond acceptors (Lipinski definition) is 4. The van der Waals surface area contributed by atoms with Gasteiger partial charge in [-0.1, -0.05) is 13.0 Å². The minimum Gasteiger partial charge on any atom is -0.494 e. The highest BCUT2D eigenvalue weighted by Crippen LogP contribution is 2.17. The summed E-state index contributed by atoms with van der Waals surface area (Å²) < 4.78 is 9.94. The second-order valence-corrected chi connectivity index (χ2v) is 4.00. The number of carbonyl (C=O) groups excluding carboxylic acids is 2. The highest BCUT2D eigenvalue weighted by Gasteiger charge is 2.07. The van der Waals surface area contributed by atoms with Crippen molar-refractivity contribution in [2.75, 3.05) is 19.0 Å². The molecule has 0 spiro atoms. The van der Waals surface area contributed by atoms with E-state index >= 15 is 0 Å². The Morgan fingerprint density at radius 2 is 2.05 bits per heavy atom. The second kappa shape index (κ2) is 8.13. The number of nitrogens with one attached hydrogen (secondary N) is 1. The molecule has 0 radical (unpaired) electrons. The SMILES string of the molecule is CCCOc1cccc(NC(=O)CCC(=O)OC)c1. The third kappa shape index (κ3) is 5.90. The van der Waals surface area contributed by atoms with Gasteiger partial charge >= 0.3 is 5.97 Å². The first-order valence-electron chi connectivity index (χ1n) is 6.25. The van der Waals surface area contributed by atoms with Gasteiger partial charge in [-0.05, 0) is 18.6 Å². The van der Waals surface area contributed by atoms with Gasteiger partial charge in [-0.15, -0.1) is 0 Å². The minimum atomic E-state index is -0.393. The van der Waals surface area contributed by atoms with E-state index in [2.05, 4.69) is 10.1 Å². The first-order valence-corrected chi connectivity index (χ1v) is 6.25. The van der Waals surface area contributed by atoms with Gasteiger partial charge in [-0.3, -0.25) is 9.59 Å². The van der Waals surface area contributed by atoms with Gasteiger partial charge < -0.3 is 14.8 Å². The Bertz CT molecular complexity index is 431. The van der Waals surface area contributed by atoms with Gasteiger partial charge in [0.05, 0.1) is 20.1 Å². The standard InChI is InChI=1S/C14H19NO4/c1-3-9-19-12-6-4-5-11(10-12)15-13(16)7-8-14(17)18-2/h4-6,10H,3,7-9H2,1-2H3,(H,15,16). The average molecular weight is 265 g/mol. The predicted molar refractivity (Wildman–Crippen MR) is 72.1 cm³/mol. The highest BCUT2D eigenvalue weighted by atomic mass is 16.5. The number of ether oxygens (including phenoxy) is 2. The molecule has 0 saturated carbocycles. The topological polar surface area (TPSA) is 64.6 Å². The van der Waals surface area contributed by atoms with Crippen LogP contribution in [0, 0.1) is 0 Å². The van der Waals surface area contributed by atoms with Gasteiger partial charge in [0.2, 0.25) is 5.91 Å². The van der Waals surface area contributed by atoms with Crippen molar-refractivity contribution in [2.45, 2.75) is 26.2 Å². The zero-order chi connectivity index (χ0) is 14.1. The summed E-state index contributed by atoms with van der Waals surface area (Å²) in [5.41, 5.74) is 0.656. The number of amides is 1. The number of hydrogen-bond donors (Lipinski definition) is 1. The molecule has 1 aromatic carbocycles. The van der Waals surface area contributed by atoms with Gasteiger partial charge in [-0.25, -0.2) is 0 Å². The Labute approximate surface area is 112 Å². The average Bonchev–Trinajstić information content (AvgIpc) is 2.43. The number of esters is 1. The molecule has 1 N–H and O–H groups in total. The number of carbonyl (C=O) groups is 2. The van der Waals surface area contributed by atoms with E-state index in [1.807, 2.05) is 13.0 Å². The van der Waals surface area contributed by atoms with Crippen LogP contribution in [-0.2, 0) is 14.3 Å². The molecule has 0 aliphatic carbocycles. The summed E-state index contributed by atoms with van der Waals surface area (Å²) in [7, 11) is 1.30. The van der Waals surface area contributed by atoms with Crippen molar-refractivity contribution in [3.63, 3.8) is 0 Å². The van der Waals surface area contributed by atoms with Crippen molar-refractivity contribution in [2.24, 2.45) is 0 Å². The van der Waals surface area contributed by atoms with Gasteiger partial charge in [-0.2, -0.15) is 0 Å². The number of rotatable bonds is 7. The maximum absolute atomic E-state index is 11.6. The van der Waals surface area contributed by atoms with Gasteiger partial charge in [0, 0.05) is 18.2 Å². The van der Waals surface area contributed by atoms with E-state index in [1.54, 1.807) is 18.2 Å². The molecule has 1 amide bonds. The lowest BCUT2D eigenvalue weighted by atomic mass is 10.2. The molecule has 0 aliphatic rings. The lowest BCUT2D eigenvalue weighted by molar-refractivity contribution is -0.141. The van der Waals surface area contributed by atoms with Crippen LogP contribution in [0.4, 0.5) is 5.69 Å². The predicted octanol–water partition coefficient (Wildman–Crippen LogP) is 2.37. The van der Waals surface area contributed by atoms with Crippen LogP contribution in [0.1, 0.15) is 26.2 Å². The molecule has 5 heteroatoms. The van der Waals surface area contributed by atoms with Crippen LogP contribution in [0.15, 0.2) is 24.3 Å². The van der Waals surface area contributed by atoms with Crippen LogP contribution in [0.25, 0.3) is 0 Å². The fraction of sp³-hybridized carbons (Fsp3) is 0.429. The van der Waals surface area contributed by atoms with Gasteiger partial charge in [0.1, 0.15) is 5.75 Å². The Balaban J connectivity index is 2.47. The van der Waals surface area contributed by atoms with Crippen molar-refractivity contribution in [1.29, 1.82) is 0 Å². The summed E-state index contributed by atoms with van der Waals surface area (Å²) in [5.74, 6) is 0.0980. The molecular formula is C14H19NO4. The molecule has 0 heterocycles. The molecule has 0 aliphatic heterocycles. The summed E-state index contributed by atoms with van der Waals surface area (Å²) in [5, 5.41) is 2.71. The molecule has 0 aromatic heterocycles. The van der Waals surface area contributed by atoms with Crippen molar-refractivity contribution >= 4 is 17.6 Å². The van der Waals surface area contributed by atoms with E-state index in [1.165, 1.54) is 7.11 Å². The summed E-state index contributed by atoms with van der Waals surface area (Å²) >= 11 is 0. The minimum absolute atomic E-state index is 0.0777. The van der Waals surface area contributed by atoms with E-state index in [0.717, 1.165) is 6.42 Å². The number of methoxy groups -OCH3 is 1. The van der Waals surface area contributed by atoms with Crippen LogP contribution in [-0.4, -0.2) is 25.6 Å². The van der Waals surface area contributed by atoms with Crippen molar-refractivity contribution in [3.05, 3.63) is 24.3 Å². The molecule has 104 valence electrons. The molecule has 0 fully saturated rings. The summed E-state index contributed by atoms with van der Waals surface area (Å²) in [6.07, 6.45) is 1.11. The van der Waals surface area contributed by atoms with E-state index < -0.39 is 5.97 Å². The third-order valence-electron chi connectivity index (χ3n) is 2.37. The molecule has 0 atom stereocenters. The Kier molecular flexibility index (Phi) is 6.43. The lowest BCUT2D eigenvalue weighted by Gasteiger charge is -2.08. The van der Waals surface area contributed by atoms with E-state index in [4.69, 9.17) is 4.74 Å². The van der Waals surface area contributed by atoms with Gasteiger partial charge in [0.15, 0.2) is 0 Å². The molecule has 5 nitrogen and oxygen atoms in total. The monoisotopic (exact) mass is 265 g/mol. The normalized spacial score (nSPS) is 9.79. The quantitative estimate of drug-likeness (QED) is 0.769. The summed E-state index contributed by atoms with van der Waals surface area (Å²) in [4.78, 5) is 22.5. The van der Waals surface area contributed by atoms with Crippen LogP contribution < -0.4 is 10.1 Å². The van der Waals surface area contributed by atoms with Gasteiger partial charge in [0.25, 0.3) is 0 Å². The maximum Gasteiger partial charge on any atom is 0.306 e. The first kappa shape index (κ1) is 15.0. The second-order valence-electron chi connectivity index (χ2n) is 4.00. The maximum atomic E-state index is 11.6. The van der Waals surface area contributed by atoms with E-state index in [9.17, 15) is 9.59 Å². The lowest BCUT2D eigenvalue weighted by Crippen LogP contribution is -2.13. The van der Waals surface area contributed by atoms with Crippen LogP contribution in [0.3, 0.4) is 0 Å². The first-order chi connectivity index (χ1) is 9.15. The van der Waals surface area contributed by atoms with Crippen molar-refractivity contribution in [1.82, 2.24) is 0 Å². The number of anilines is 1. The third-order valence-corrected chi connectivity index (χ3v) is 2.37. The van der Waals surface area contributed by atoms with E-state index in [-0.39, 0.29) is 18.7 Å². The summed E-state index contributed by atoms with van der Waals surface area (Å²) in [6, 6.07) is 7.17. The largest absolute Gasteiger partial charge is 0.494 e.